The molecule has 0 spiro atoms. The monoisotopic (exact) mass is 335 g/mol. The number of hydrogen-bond acceptors (Lipinski definition) is 3. The van der Waals surface area contributed by atoms with Crippen LogP contribution in [-0.4, -0.2) is 41.2 Å². The number of carbonyl (C=O) groups is 1. The zero-order valence-electron chi connectivity index (χ0n) is 13.6. The number of ether oxygens (including phenoxy) is 1. The highest BCUT2D eigenvalue weighted by Gasteiger charge is 2.28. The number of benzene rings is 1. The third-order valence-corrected chi connectivity index (χ3v) is 4.04. The van der Waals surface area contributed by atoms with Crippen LogP contribution in [0.4, 0.5) is 4.79 Å². The molecule has 0 saturated carbocycles. The summed E-state index contributed by atoms with van der Waals surface area (Å²) in [6, 6.07) is 7.91. The average molecular weight is 336 g/mol. The Balaban J connectivity index is 1.75. The van der Waals surface area contributed by atoms with Gasteiger partial charge in [0.1, 0.15) is 5.60 Å². The third-order valence-electron chi connectivity index (χ3n) is 3.81. The summed E-state index contributed by atoms with van der Waals surface area (Å²) in [5, 5.41) is 5.24. The maximum Gasteiger partial charge on any atom is 0.410 e. The number of carbonyl (C=O) groups excluding carboxylic acids is 1. The number of nitrogens with one attached hydrogen (secondary N) is 2. The van der Waals surface area contributed by atoms with E-state index in [1.54, 1.807) is 4.90 Å². The first-order valence-corrected chi connectivity index (χ1v) is 8.19. The lowest BCUT2D eigenvalue weighted by Crippen LogP contribution is -2.49. The first-order chi connectivity index (χ1) is 10.8. The zero-order valence-corrected chi connectivity index (χ0v) is 14.4. The Morgan fingerprint density at radius 1 is 1.35 bits per heavy atom. The SMILES string of the molecule is CC(C)(C)OC(=O)N1CCNC(c2cc3cc(Cl)ccc3[nH]2)C1. The van der Waals surface area contributed by atoms with Crippen LogP contribution in [0.5, 0.6) is 0 Å². The van der Waals surface area contributed by atoms with Crippen molar-refractivity contribution in [2.24, 2.45) is 0 Å². The number of amides is 1. The van der Waals surface area contributed by atoms with Crippen LogP contribution in [0.15, 0.2) is 24.3 Å². The molecule has 1 amide bonds. The van der Waals surface area contributed by atoms with Crippen molar-refractivity contribution in [2.45, 2.75) is 32.4 Å². The summed E-state index contributed by atoms with van der Waals surface area (Å²) in [4.78, 5) is 17.4. The van der Waals surface area contributed by atoms with Crippen molar-refractivity contribution in [1.82, 2.24) is 15.2 Å². The Bertz CT molecular complexity index is 720. The molecule has 3 rings (SSSR count). The van der Waals surface area contributed by atoms with Crippen LogP contribution in [0.3, 0.4) is 0 Å². The highest BCUT2D eigenvalue weighted by Crippen LogP contribution is 2.25. The van der Waals surface area contributed by atoms with Gasteiger partial charge >= 0.3 is 6.09 Å². The number of hydrogen-bond donors (Lipinski definition) is 2. The molecule has 0 aliphatic carbocycles. The second-order valence-electron chi connectivity index (χ2n) is 6.89. The molecule has 0 radical (unpaired) electrons. The lowest BCUT2D eigenvalue weighted by atomic mass is 10.1. The fraction of sp³-hybridized carbons (Fsp3) is 0.471. The van der Waals surface area contributed by atoms with Crippen LogP contribution >= 0.6 is 11.6 Å². The summed E-state index contributed by atoms with van der Waals surface area (Å²) < 4.78 is 5.47. The normalized spacial score (nSPS) is 19.1. The Morgan fingerprint density at radius 2 is 2.13 bits per heavy atom. The van der Waals surface area contributed by atoms with Gasteiger partial charge in [0.15, 0.2) is 0 Å². The van der Waals surface area contributed by atoms with Gasteiger partial charge in [-0.15, -0.1) is 0 Å². The fourth-order valence-electron chi connectivity index (χ4n) is 2.76. The zero-order chi connectivity index (χ0) is 16.6. The molecule has 1 aromatic carbocycles. The van der Waals surface area contributed by atoms with Gasteiger partial charge in [-0.1, -0.05) is 11.6 Å². The second-order valence-corrected chi connectivity index (χ2v) is 7.33. The van der Waals surface area contributed by atoms with E-state index in [0.29, 0.717) is 13.1 Å². The number of aromatic amines is 1. The molecule has 1 atom stereocenters. The molecular weight excluding hydrogens is 314 g/mol. The number of halogens is 1. The Hall–Kier alpha value is -1.72. The molecule has 6 heteroatoms. The molecule has 2 N–H and O–H groups in total. The summed E-state index contributed by atoms with van der Waals surface area (Å²) >= 11 is 6.04. The van der Waals surface area contributed by atoms with Gasteiger partial charge in [-0.05, 0) is 45.0 Å². The van der Waals surface area contributed by atoms with Crippen LogP contribution in [-0.2, 0) is 4.74 Å². The molecule has 2 aromatic rings. The van der Waals surface area contributed by atoms with Gasteiger partial charge in [0.25, 0.3) is 0 Å². The quantitative estimate of drug-likeness (QED) is 0.835. The topological polar surface area (TPSA) is 57.4 Å². The fourth-order valence-corrected chi connectivity index (χ4v) is 2.94. The van der Waals surface area contributed by atoms with E-state index in [1.165, 1.54) is 0 Å². The number of nitrogens with zero attached hydrogens (tertiary/aromatic N) is 1. The summed E-state index contributed by atoms with van der Waals surface area (Å²) in [5.41, 5.74) is 1.62. The highest BCUT2D eigenvalue weighted by molar-refractivity contribution is 6.31. The summed E-state index contributed by atoms with van der Waals surface area (Å²) in [6.07, 6.45) is -0.261. The Labute approximate surface area is 140 Å². The molecule has 23 heavy (non-hydrogen) atoms. The number of H-pyrrole nitrogens is 1. The number of piperazine rings is 1. The van der Waals surface area contributed by atoms with Gasteiger partial charge in [0, 0.05) is 41.3 Å². The number of aromatic nitrogens is 1. The van der Waals surface area contributed by atoms with Crippen LogP contribution in [0.1, 0.15) is 32.5 Å². The van der Waals surface area contributed by atoms with Gasteiger partial charge in [0.2, 0.25) is 0 Å². The molecule has 1 aliphatic heterocycles. The molecule has 1 aromatic heterocycles. The van der Waals surface area contributed by atoms with Gasteiger partial charge in [-0.2, -0.15) is 0 Å². The average Bonchev–Trinajstić information content (AvgIpc) is 2.88. The predicted octanol–water partition coefficient (Wildman–Crippen LogP) is 3.70. The first-order valence-electron chi connectivity index (χ1n) is 7.81. The predicted molar refractivity (Wildman–Crippen MR) is 91.9 cm³/mol. The molecule has 1 saturated heterocycles. The van der Waals surface area contributed by atoms with Crippen molar-refractivity contribution in [3.8, 4) is 0 Å². The van der Waals surface area contributed by atoms with Crippen LogP contribution < -0.4 is 5.32 Å². The van der Waals surface area contributed by atoms with Crippen molar-refractivity contribution < 1.29 is 9.53 Å². The van der Waals surface area contributed by atoms with Crippen molar-refractivity contribution in [2.75, 3.05) is 19.6 Å². The summed E-state index contributed by atoms with van der Waals surface area (Å²) in [5.74, 6) is 0. The Kier molecular flexibility index (Phi) is 4.25. The van der Waals surface area contributed by atoms with Crippen molar-refractivity contribution in [3.63, 3.8) is 0 Å². The van der Waals surface area contributed by atoms with Crippen LogP contribution in [0.2, 0.25) is 5.02 Å². The standard InChI is InChI=1S/C17H22ClN3O2/c1-17(2,3)23-16(22)21-7-6-19-15(10-21)14-9-11-8-12(18)4-5-13(11)20-14/h4-5,8-9,15,19-20H,6-7,10H2,1-3H3. The highest BCUT2D eigenvalue weighted by atomic mass is 35.5. The minimum absolute atomic E-state index is 0.0578. The maximum absolute atomic E-state index is 12.3. The molecule has 0 bridgehead atoms. The molecule has 1 unspecified atom stereocenters. The molecule has 1 fully saturated rings. The van der Waals surface area contributed by atoms with Crippen molar-refractivity contribution in [3.05, 3.63) is 35.0 Å². The minimum Gasteiger partial charge on any atom is -0.444 e. The molecule has 5 nitrogen and oxygen atoms in total. The second kappa shape index (κ2) is 6.06. The van der Waals surface area contributed by atoms with Gasteiger partial charge in [0.05, 0.1) is 6.04 Å². The maximum atomic E-state index is 12.3. The lowest BCUT2D eigenvalue weighted by molar-refractivity contribution is 0.0194. The van der Waals surface area contributed by atoms with Gasteiger partial charge < -0.3 is 19.9 Å². The van der Waals surface area contributed by atoms with E-state index >= 15 is 0 Å². The van der Waals surface area contributed by atoms with E-state index in [-0.39, 0.29) is 12.1 Å². The van der Waals surface area contributed by atoms with Crippen molar-refractivity contribution >= 4 is 28.6 Å². The van der Waals surface area contributed by atoms with E-state index in [9.17, 15) is 4.79 Å². The molecular formula is C17H22ClN3O2. The van der Waals surface area contributed by atoms with E-state index < -0.39 is 5.60 Å². The molecule has 1 aliphatic rings. The largest absolute Gasteiger partial charge is 0.444 e. The van der Waals surface area contributed by atoms with Crippen molar-refractivity contribution in [1.29, 1.82) is 0 Å². The van der Waals surface area contributed by atoms with E-state index in [4.69, 9.17) is 16.3 Å². The summed E-state index contributed by atoms with van der Waals surface area (Å²) in [6.45, 7) is 7.61. The third kappa shape index (κ3) is 3.79. The van der Waals surface area contributed by atoms with Gasteiger partial charge in [-0.25, -0.2) is 4.79 Å². The smallest absolute Gasteiger partial charge is 0.410 e. The number of fused-ring (bicyclic) bond motifs is 1. The van der Waals surface area contributed by atoms with E-state index in [2.05, 4.69) is 16.4 Å². The van der Waals surface area contributed by atoms with Crippen LogP contribution in [0, 0.1) is 0 Å². The van der Waals surface area contributed by atoms with Gasteiger partial charge in [-0.3, -0.25) is 0 Å². The van der Waals surface area contributed by atoms with E-state index in [1.807, 2.05) is 39.0 Å². The molecule has 2 heterocycles. The van der Waals surface area contributed by atoms with E-state index in [0.717, 1.165) is 28.2 Å². The minimum atomic E-state index is -0.477. The number of rotatable bonds is 1. The first kappa shape index (κ1) is 16.1. The Morgan fingerprint density at radius 3 is 2.87 bits per heavy atom. The van der Waals surface area contributed by atoms with Crippen LogP contribution in [0.25, 0.3) is 10.9 Å². The lowest BCUT2D eigenvalue weighted by Gasteiger charge is -2.34. The summed E-state index contributed by atoms with van der Waals surface area (Å²) in [7, 11) is 0. The molecule has 124 valence electrons.